The van der Waals surface area contributed by atoms with Crippen molar-refractivity contribution in [3.8, 4) is 5.75 Å². The Kier molecular flexibility index (Phi) is 4.24. The molecule has 3 rings (SSSR count). The maximum absolute atomic E-state index is 12.6. The smallest absolute Gasteiger partial charge is 0.265 e. The van der Waals surface area contributed by atoms with Crippen molar-refractivity contribution in [2.75, 3.05) is 31.1 Å². The van der Waals surface area contributed by atoms with E-state index in [1.807, 2.05) is 0 Å². The summed E-state index contributed by atoms with van der Waals surface area (Å²) >= 11 is 0. The summed E-state index contributed by atoms with van der Waals surface area (Å²) in [6, 6.07) is 5.34. The number of fused-ring (bicyclic) bond motifs is 1. The predicted molar refractivity (Wildman–Crippen MR) is 84.4 cm³/mol. The third kappa shape index (κ3) is 2.76. The molecule has 1 atom stereocenters. The first kappa shape index (κ1) is 14.8. The van der Waals surface area contributed by atoms with Gasteiger partial charge in [0.15, 0.2) is 12.4 Å². The van der Waals surface area contributed by atoms with Gasteiger partial charge in [0.1, 0.15) is 5.75 Å². The van der Waals surface area contributed by atoms with Crippen molar-refractivity contribution >= 4 is 17.4 Å². The van der Waals surface area contributed by atoms with Gasteiger partial charge in [-0.15, -0.1) is 6.58 Å². The minimum atomic E-state index is -0.115. The van der Waals surface area contributed by atoms with Gasteiger partial charge < -0.3 is 15.0 Å². The number of nitrogens with one attached hydrogen (secondary N) is 1. The van der Waals surface area contributed by atoms with Gasteiger partial charge in [0.25, 0.3) is 5.91 Å². The SMILES string of the molecule is C=CCN1C(=O)COc2ccc(C(=O)C3CCCNC3)cc21. The summed E-state index contributed by atoms with van der Waals surface area (Å²) in [5.74, 6) is 0.669. The zero-order valence-electron chi connectivity index (χ0n) is 12.5. The van der Waals surface area contributed by atoms with Gasteiger partial charge in [0.2, 0.25) is 0 Å². The van der Waals surface area contributed by atoms with E-state index in [1.54, 1.807) is 29.2 Å². The Balaban J connectivity index is 1.89. The summed E-state index contributed by atoms with van der Waals surface area (Å²) < 4.78 is 5.44. The summed E-state index contributed by atoms with van der Waals surface area (Å²) in [6.45, 7) is 5.83. The van der Waals surface area contributed by atoms with Gasteiger partial charge in [0, 0.05) is 24.6 Å². The Morgan fingerprint density at radius 2 is 2.36 bits per heavy atom. The Morgan fingerprint density at radius 1 is 1.50 bits per heavy atom. The molecule has 1 amide bonds. The van der Waals surface area contributed by atoms with Crippen LogP contribution in [0.3, 0.4) is 0 Å². The number of hydrogen-bond acceptors (Lipinski definition) is 4. The van der Waals surface area contributed by atoms with Gasteiger partial charge in [0.05, 0.1) is 5.69 Å². The number of piperidine rings is 1. The summed E-state index contributed by atoms with van der Waals surface area (Å²) in [7, 11) is 0. The molecular weight excluding hydrogens is 280 g/mol. The normalized spacial score (nSPS) is 21.0. The van der Waals surface area contributed by atoms with Crippen LogP contribution in [0, 0.1) is 5.92 Å². The highest BCUT2D eigenvalue weighted by Gasteiger charge is 2.27. The fraction of sp³-hybridized carbons (Fsp3) is 0.412. The van der Waals surface area contributed by atoms with Crippen molar-refractivity contribution < 1.29 is 14.3 Å². The monoisotopic (exact) mass is 300 g/mol. The first-order chi connectivity index (χ1) is 10.7. The van der Waals surface area contributed by atoms with Gasteiger partial charge in [-0.25, -0.2) is 0 Å². The highest BCUT2D eigenvalue weighted by atomic mass is 16.5. The highest BCUT2D eigenvalue weighted by molar-refractivity contribution is 6.02. The van der Waals surface area contributed by atoms with E-state index in [0.717, 1.165) is 25.9 Å². The number of ketones is 1. The topological polar surface area (TPSA) is 58.6 Å². The maximum Gasteiger partial charge on any atom is 0.265 e. The van der Waals surface area contributed by atoms with E-state index in [0.29, 0.717) is 23.5 Å². The molecule has 0 bridgehead atoms. The number of nitrogens with zero attached hydrogens (tertiary/aromatic N) is 1. The maximum atomic E-state index is 12.6. The van der Waals surface area contributed by atoms with Gasteiger partial charge in [-0.3, -0.25) is 9.59 Å². The Bertz CT molecular complexity index is 606. The van der Waals surface area contributed by atoms with Crippen LogP contribution < -0.4 is 15.0 Å². The molecule has 0 radical (unpaired) electrons. The molecule has 0 aromatic heterocycles. The highest BCUT2D eigenvalue weighted by Crippen LogP contribution is 2.33. The van der Waals surface area contributed by atoms with Gasteiger partial charge in [-0.1, -0.05) is 6.08 Å². The number of ether oxygens (including phenoxy) is 1. The van der Waals surface area contributed by atoms with Crippen LogP contribution in [0.1, 0.15) is 23.2 Å². The molecule has 2 heterocycles. The zero-order chi connectivity index (χ0) is 15.5. The van der Waals surface area contributed by atoms with E-state index < -0.39 is 0 Å². The lowest BCUT2D eigenvalue weighted by Gasteiger charge is -2.29. The number of amides is 1. The number of Topliss-reactive ketones (excluding diaryl/α,β-unsaturated/α-hetero) is 1. The van der Waals surface area contributed by atoms with Crippen molar-refractivity contribution in [2.45, 2.75) is 12.8 Å². The predicted octanol–water partition coefficient (Wildman–Crippen LogP) is 1.78. The second-order valence-corrected chi connectivity index (χ2v) is 5.67. The zero-order valence-corrected chi connectivity index (χ0v) is 12.5. The third-order valence-electron chi connectivity index (χ3n) is 4.17. The quantitative estimate of drug-likeness (QED) is 0.680. The van der Waals surface area contributed by atoms with Gasteiger partial charge in [-0.2, -0.15) is 0 Å². The van der Waals surface area contributed by atoms with Crippen LogP contribution in [0.2, 0.25) is 0 Å². The number of rotatable bonds is 4. The lowest BCUT2D eigenvalue weighted by atomic mass is 9.90. The fourth-order valence-electron chi connectivity index (χ4n) is 3.00. The molecule has 1 unspecified atom stereocenters. The van der Waals surface area contributed by atoms with Crippen molar-refractivity contribution in [3.63, 3.8) is 0 Å². The first-order valence-corrected chi connectivity index (χ1v) is 7.63. The molecule has 1 fully saturated rings. The number of carbonyl (C=O) groups is 2. The molecule has 2 aliphatic heterocycles. The van der Waals surface area contributed by atoms with E-state index in [9.17, 15) is 9.59 Å². The van der Waals surface area contributed by atoms with Crippen LogP contribution in [0.15, 0.2) is 30.9 Å². The van der Waals surface area contributed by atoms with Crippen LogP contribution in [0.4, 0.5) is 5.69 Å². The molecule has 2 aliphatic rings. The minimum absolute atomic E-state index is 0.0138. The molecule has 22 heavy (non-hydrogen) atoms. The van der Waals surface area contributed by atoms with Crippen LogP contribution >= 0.6 is 0 Å². The lowest BCUT2D eigenvalue weighted by molar-refractivity contribution is -0.121. The van der Waals surface area contributed by atoms with Crippen LogP contribution in [0.25, 0.3) is 0 Å². The van der Waals surface area contributed by atoms with E-state index in [-0.39, 0.29) is 24.2 Å². The minimum Gasteiger partial charge on any atom is -0.482 e. The molecule has 1 saturated heterocycles. The van der Waals surface area contributed by atoms with E-state index >= 15 is 0 Å². The first-order valence-electron chi connectivity index (χ1n) is 7.63. The molecule has 5 heteroatoms. The van der Waals surface area contributed by atoms with Crippen molar-refractivity contribution in [3.05, 3.63) is 36.4 Å². The molecular formula is C17H20N2O3. The van der Waals surface area contributed by atoms with Crippen LogP contribution in [-0.2, 0) is 4.79 Å². The molecule has 1 aromatic rings. The van der Waals surface area contributed by atoms with Crippen molar-refractivity contribution in [2.24, 2.45) is 5.92 Å². The molecule has 116 valence electrons. The molecule has 1 N–H and O–H groups in total. The van der Waals surface area contributed by atoms with E-state index in [2.05, 4.69) is 11.9 Å². The molecule has 0 spiro atoms. The lowest BCUT2D eigenvalue weighted by Crippen LogP contribution is -2.39. The summed E-state index contributed by atoms with van der Waals surface area (Å²) in [5, 5.41) is 3.26. The van der Waals surface area contributed by atoms with Gasteiger partial charge >= 0.3 is 0 Å². The van der Waals surface area contributed by atoms with Crippen LogP contribution in [-0.4, -0.2) is 37.9 Å². The second kappa shape index (κ2) is 6.32. The molecule has 5 nitrogen and oxygen atoms in total. The fourth-order valence-corrected chi connectivity index (χ4v) is 3.00. The Hall–Kier alpha value is -2.14. The number of anilines is 1. The molecule has 0 aliphatic carbocycles. The summed E-state index contributed by atoms with van der Waals surface area (Å²) in [6.07, 6.45) is 3.60. The average Bonchev–Trinajstić information content (AvgIpc) is 2.57. The number of carbonyl (C=O) groups excluding carboxylic acids is 2. The number of benzene rings is 1. The van der Waals surface area contributed by atoms with Crippen molar-refractivity contribution in [1.82, 2.24) is 5.32 Å². The third-order valence-corrected chi connectivity index (χ3v) is 4.17. The largest absolute Gasteiger partial charge is 0.482 e. The van der Waals surface area contributed by atoms with Crippen molar-refractivity contribution in [1.29, 1.82) is 0 Å². The summed E-state index contributed by atoms with van der Waals surface area (Å²) in [4.78, 5) is 26.2. The standard InChI is InChI=1S/C17H20N2O3/c1-2-8-19-14-9-12(5-6-15(14)22-11-16(19)20)17(21)13-4-3-7-18-10-13/h2,5-6,9,13,18H,1,3-4,7-8,10-11H2. The summed E-state index contributed by atoms with van der Waals surface area (Å²) in [5.41, 5.74) is 1.30. The average molecular weight is 300 g/mol. The Morgan fingerprint density at radius 3 is 3.09 bits per heavy atom. The van der Waals surface area contributed by atoms with E-state index in [4.69, 9.17) is 4.74 Å². The van der Waals surface area contributed by atoms with Crippen LogP contribution in [0.5, 0.6) is 5.75 Å². The molecule has 0 saturated carbocycles. The molecule has 1 aromatic carbocycles. The second-order valence-electron chi connectivity index (χ2n) is 5.67. The van der Waals surface area contributed by atoms with Gasteiger partial charge in [-0.05, 0) is 37.6 Å². The number of hydrogen-bond donors (Lipinski definition) is 1. The van der Waals surface area contributed by atoms with E-state index in [1.165, 1.54) is 0 Å². The Labute approximate surface area is 129 Å².